The molecule has 0 saturated carbocycles. The molecule has 0 bridgehead atoms. The Hall–Kier alpha value is 1.02. The molecule has 70 valence electrons. The Labute approximate surface area is 86.3 Å². The van der Waals surface area contributed by atoms with E-state index in [0.717, 1.165) is 6.42 Å². The molecule has 0 amide bonds. The predicted octanol–water partition coefficient (Wildman–Crippen LogP) is 0.139. The van der Waals surface area contributed by atoms with Crippen molar-refractivity contribution in [1.29, 1.82) is 0 Å². The Morgan fingerprint density at radius 1 is 1.36 bits per heavy atom. The summed E-state index contributed by atoms with van der Waals surface area (Å²) in [5.74, 6) is 0. The van der Waals surface area contributed by atoms with E-state index in [2.05, 4.69) is 27.7 Å². The van der Waals surface area contributed by atoms with Crippen LogP contribution in [0, 0.1) is 5.41 Å². The van der Waals surface area contributed by atoms with Gasteiger partial charge in [-0.1, -0.05) is 0 Å². The van der Waals surface area contributed by atoms with Crippen molar-refractivity contribution in [3.05, 3.63) is 0 Å². The Balaban J connectivity index is 3.28. The molecule has 0 fully saturated rings. The summed E-state index contributed by atoms with van der Waals surface area (Å²) in [6.45, 7) is 9.09. The van der Waals surface area contributed by atoms with Gasteiger partial charge in [0.15, 0.2) is 0 Å². The van der Waals surface area contributed by atoms with E-state index in [1.807, 2.05) is 0 Å². The van der Waals surface area contributed by atoms with E-state index in [0.29, 0.717) is 32.0 Å². The van der Waals surface area contributed by atoms with E-state index in [9.17, 15) is 0 Å². The molecule has 0 aliphatic rings. The van der Waals surface area contributed by atoms with Crippen LogP contribution in [0.4, 0.5) is 0 Å². The first kappa shape index (κ1) is 12.0. The van der Waals surface area contributed by atoms with Crippen molar-refractivity contribution < 1.29 is 21.2 Å². The molecule has 0 unspecified atom stereocenters. The summed E-state index contributed by atoms with van der Waals surface area (Å²) in [6.07, 6.45) is 1.13. The maximum absolute atomic E-state index is 6.02. The van der Waals surface area contributed by atoms with E-state index in [-0.39, 0.29) is 0 Å². The van der Waals surface area contributed by atoms with Crippen molar-refractivity contribution in [3.63, 3.8) is 0 Å². The van der Waals surface area contributed by atoms with Crippen molar-refractivity contribution in [2.45, 2.75) is 39.5 Å². The van der Waals surface area contributed by atoms with Gasteiger partial charge in [-0.2, -0.15) is 0 Å². The first-order chi connectivity index (χ1) is 4.95. The first-order valence-corrected chi connectivity index (χ1v) is 7.62. The number of hydrogen-bond donors (Lipinski definition) is 0. The van der Waals surface area contributed by atoms with Gasteiger partial charge >= 0.3 is 86.6 Å². The van der Waals surface area contributed by atoms with Gasteiger partial charge in [-0.25, -0.2) is 0 Å². The van der Waals surface area contributed by atoms with E-state index in [1.165, 1.54) is 8.86 Å². The summed E-state index contributed by atoms with van der Waals surface area (Å²) in [7, 11) is 0. The van der Waals surface area contributed by atoms with Gasteiger partial charge < -0.3 is 0 Å². The summed E-state index contributed by atoms with van der Waals surface area (Å²) < 4.78 is 2.68. The molecule has 0 aliphatic carbocycles. The van der Waals surface area contributed by atoms with Crippen molar-refractivity contribution in [2.24, 2.45) is 5.41 Å². The number of rotatable bonds is 4. The van der Waals surface area contributed by atoms with Crippen LogP contribution in [0.2, 0.25) is 0 Å². The summed E-state index contributed by atoms with van der Waals surface area (Å²) in [5, 5.41) is 0.449. The average molecular weight is 290 g/mol. The van der Waals surface area contributed by atoms with Gasteiger partial charge in [0.1, 0.15) is 0 Å². The number of hydrogen-bond acceptors (Lipinski definition) is 0. The maximum atomic E-state index is 6.02. The number of halogens is 2. The topological polar surface area (TPSA) is 0 Å². The second-order valence-corrected chi connectivity index (χ2v) is 7.38. The zero-order chi connectivity index (χ0) is 8.91. The van der Waals surface area contributed by atoms with Gasteiger partial charge in [0.05, 0.1) is 0 Å². The van der Waals surface area contributed by atoms with Crippen LogP contribution in [0.1, 0.15) is 34.1 Å². The van der Waals surface area contributed by atoms with Crippen molar-refractivity contribution >= 4 is 11.6 Å². The van der Waals surface area contributed by atoms with Crippen molar-refractivity contribution in [3.8, 4) is 0 Å². The van der Waals surface area contributed by atoms with Crippen LogP contribution in [-0.4, -0.2) is 14.2 Å². The average Bonchev–Trinajstić information content (AvgIpc) is 1.85. The fraction of sp³-hybridized carbons (Fsp3) is 1.00. The van der Waals surface area contributed by atoms with Gasteiger partial charge in [-0.15, -0.1) is 0 Å². The van der Waals surface area contributed by atoms with Crippen LogP contribution in [0.3, 0.4) is 0 Å². The molecule has 0 aliphatic heterocycles. The Morgan fingerprint density at radius 2 is 1.91 bits per heavy atom. The number of alkyl halides is 3. The van der Waals surface area contributed by atoms with Crippen molar-refractivity contribution in [1.82, 2.24) is 0 Å². The third-order valence-corrected chi connectivity index (χ3v) is 6.71. The summed E-state index contributed by atoms with van der Waals surface area (Å²) in [5.41, 5.74) is 0.525. The van der Waals surface area contributed by atoms with Gasteiger partial charge in [-0.3, -0.25) is 0 Å². The van der Waals surface area contributed by atoms with E-state index < -0.39 is 0 Å². The predicted molar refractivity (Wildman–Crippen MR) is 49.1 cm³/mol. The van der Waals surface area contributed by atoms with Crippen molar-refractivity contribution in [2.75, 3.05) is 8.86 Å². The normalized spacial score (nSPS) is 15.4. The Kier molecular flexibility index (Phi) is 6.15. The van der Waals surface area contributed by atoms with Gasteiger partial charge in [0.2, 0.25) is 0 Å². The quantitative estimate of drug-likeness (QED) is 0.510. The van der Waals surface area contributed by atoms with Gasteiger partial charge in [0, 0.05) is 0 Å². The third-order valence-electron chi connectivity index (χ3n) is 1.21. The molecule has 0 spiro atoms. The minimum absolute atomic E-state index is 0.356. The molecule has 0 nitrogen and oxygen atoms in total. The fourth-order valence-electron chi connectivity index (χ4n) is 0.566. The molecular formula is C9H19ClI-. The molecule has 2 heteroatoms. The van der Waals surface area contributed by atoms with Crippen LogP contribution in [-0.2, 0) is 0 Å². The van der Waals surface area contributed by atoms with Crippen LogP contribution in [0.5, 0.6) is 0 Å². The van der Waals surface area contributed by atoms with Gasteiger partial charge in [0.25, 0.3) is 0 Å². The standard InChI is InChI=1S/C9H19ClI/c1-5-8(10)6-11-7-9(2,3)4/h8H,5-7H2,1-4H3/q-1/t8-/m1/s1. The third kappa shape index (κ3) is 8.93. The van der Waals surface area contributed by atoms with Crippen LogP contribution in [0.25, 0.3) is 0 Å². The van der Waals surface area contributed by atoms with Crippen LogP contribution < -0.4 is 21.2 Å². The minimum atomic E-state index is 0.356. The molecule has 11 heavy (non-hydrogen) atoms. The molecule has 0 aromatic heterocycles. The molecule has 0 N–H and O–H groups in total. The SMILES string of the molecule is CC[C@@H](Cl)C[I-]CC(C)(C)C. The molecule has 0 rings (SSSR count). The summed E-state index contributed by atoms with van der Waals surface area (Å²) >= 11 is 6.38. The van der Waals surface area contributed by atoms with E-state index in [4.69, 9.17) is 11.6 Å². The summed E-state index contributed by atoms with van der Waals surface area (Å²) in [4.78, 5) is 0. The molecule has 0 heterocycles. The monoisotopic (exact) mass is 289 g/mol. The zero-order valence-electron chi connectivity index (χ0n) is 7.95. The molecule has 0 aromatic rings. The summed E-state index contributed by atoms with van der Waals surface area (Å²) in [6, 6.07) is 0. The van der Waals surface area contributed by atoms with E-state index in [1.54, 1.807) is 0 Å². The van der Waals surface area contributed by atoms with Crippen LogP contribution >= 0.6 is 11.6 Å². The second kappa shape index (κ2) is 5.63. The Bertz CT molecular complexity index is 96.2. The van der Waals surface area contributed by atoms with E-state index >= 15 is 0 Å². The second-order valence-electron chi connectivity index (χ2n) is 4.04. The first-order valence-electron chi connectivity index (χ1n) is 4.13. The molecule has 0 saturated heterocycles. The fourth-order valence-corrected chi connectivity index (χ4v) is 4.35. The molecule has 1 atom stereocenters. The van der Waals surface area contributed by atoms with Crippen LogP contribution in [0.15, 0.2) is 0 Å². The molecule has 0 aromatic carbocycles. The van der Waals surface area contributed by atoms with Gasteiger partial charge in [-0.05, 0) is 0 Å². The molecular weight excluding hydrogens is 270 g/mol. The molecule has 0 radical (unpaired) electrons. The zero-order valence-corrected chi connectivity index (χ0v) is 10.9. The Morgan fingerprint density at radius 3 is 2.27 bits per heavy atom.